The van der Waals surface area contributed by atoms with Crippen molar-refractivity contribution in [2.45, 2.75) is 52.4 Å². The fourth-order valence-electron chi connectivity index (χ4n) is 1.89. The van der Waals surface area contributed by atoms with Crippen molar-refractivity contribution >= 4 is 12.2 Å². The second-order valence-electron chi connectivity index (χ2n) is 4.69. The minimum absolute atomic E-state index is 0.386. The van der Waals surface area contributed by atoms with E-state index in [1.807, 2.05) is 15.6 Å². The average Bonchev–Trinajstić information content (AvgIpc) is 3.01. The fraction of sp³-hybridized carbons (Fsp3) is 0.818. The standard InChI is InChI=1S/C11H20N4S/c1-4-13(10-5-6-10)8-15-11(16)14(7-12-15)9(2)3/h7,9-10H,4-6,8H2,1-3H3. The first kappa shape index (κ1) is 11.8. The Hall–Kier alpha value is -0.680. The molecule has 1 aliphatic rings. The van der Waals surface area contributed by atoms with E-state index in [1.54, 1.807) is 0 Å². The van der Waals surface area contributed by atoms with Gasteiger partial charge in [0.2, 0.25) is 0 Å². The Morgan fingerprint density at radius 2 is 2.25 bits per heavy atom. The largest absolute Gasteiger partial charge is 0.304 e. The molecule has 0 atom stereocenters. The molecule has 0 amide bonds. The van der Waals surface area contributed by atoms with Crippen LogP contribution in [0.25, 0.3) is 0 Å². The SMILES string of the molecule is CCN(Cn1ncn(C(C)C)c1=S)C1CC1. The second kappa shape index (κ2) is 4.67. The van der Waals surface area contributed by atoms with Crippen molar-refractivity contribution in [3.05, 3.63) is 11.1 Å². The molecule has 0 spiro atoms. The molecule has 0 saturated heterocycles. The zero-order valence-electron chi connectivity index (χ0n) is 10.3. The molecule has 0 radical (unpaired) electrons. The Balaban J connectivity index is 2.11. The summed E-state index contributed by atoms with van der Waals surface area (Å²) in [6.45, 7) is 8.35. The number of hydrogen-bond acceptors (Lipinski definition) is 3. The zero-order chi connectivity index (χ0) is 11.7. The molecule has 4 nitrogen and oxygen atoms in total. The van der Waals surface area contributed by atoms with Crippen molar-refractivity contribution in [1.82, 2.24) is 19.2 Å². The Bertz CT molecular complexity index is 402. The number of aromatic nitrogens is 3. The fourth-order valence-corrected chi connectivity index (χ4v) is 2.25. The maximum atomic E-state index is 5.41. The van der Waals surface area contributed by atoms with Crippen LogP contribution < -0.4 is 0 Å². The normalized spacial score (nSPS) is 16.3. The van der Waals surface area contributed by atoms with Gasteiger partial charge in [0.05, 0.1) is 6.67 Å². The van der Waals surface area contributed by atoms with Gasteiger partial charge in [0.15, 0.2) is 4.77 Å². The van der Waals surface area contributed by atoms with Crippen molar-refractivity contribution in [2.24, 2.45) is 0 Å². The molecule has 1 aromatic rings. The van der Waals surface area contributed by atoms with Crippen LogP contribution in [-0.2, 0) is 6.67 Å². The van der Waals surface area contributed by atoms with Gasteiger partial charge in [-0.1, -0.05) is 6.92 Å². The molecule has 0 bridgehead atoms. The van der Waals surface area contributed by atoms with Gasteiger partial charge >= 0.3 is 0 Å². The summed E-state index contributed by atoms with van der Waals surface area (Å²) in [6, 6.07) is 1.15. The first-order valence-corrected chi connectivity index (χ1v) is 6.42. The van der Waals surface area contributed by atoms with E-state index in [0.29, 0.717) is 6.04 Å². The average molecular weight is 240 g/mol. The van der Waals surface area contributed by atoms with Gasteiger partial charge in [-0.25, -0.2) is 4.68 Å². The quantitative estimate of drug-likeness (QED) is 0.739. The molecule has 0 aliphatic heterocycles. The van der Waals surface area contributed by atoms with Crippen LogP contribution in [0.2, 0.25) is 0 Å². The van der Waals surface area contributed by atoms with Gasteiger partial charge in [0.25, 0.3) is 0 Å². The van der Waals surface area contributed by atoms with Gasteiger partial charge in [-0.05, 0) is 45.5 Å². The van der Waals surface area contributed by atoms with E-state index in [-0.39, 0.29) is 0 Å². The summed E-state index contributed by atoms with van der Waals surface area (Å²) in [5.41, 5.74) is 0. The van der Waals surface area contributed by atoms with Gasteiger partial charge in [-0.2, -0.15) is 5.10 Å². The summed E-state index contributed by atoms with van der Waals surface area (Å²) in [6.07, 6.45) is 4.49. The van der Waals surface area contributed by atoms with Crippen LogP contribution in [0, 0.1) is 4.77 Å². The lowest BCUT2D eigenvalue weighted by Gasteiger charge is -2.19. The van der Waals surface area contributed by atoms with Crippen LogP contribution >= 0.6 is 12.2 Å². The van der Waals surface area contributed by atoms with Gasteiger partial charge < -0.3 is 4.57 Å². The summed E-state index contributed by atoms with van der Waals surface area (Å²) < 4.78 is 4.79. The molecule has 1 fully saturated rings. The summed E-state index contributed by atoms with van der Waals surface area (Å²) >= 11 is 5.41. The van der Waals surface area contributed by atoms with Crippen LogP contribution in [0.4, 0.5) is 0 Å². The summed E-state index contributed by atoms with van der Waals surface area (Å²) in [7, 11) is 0. The first-order chi connectivity index (χ1) is 7.63. The third-order valence-corrected chi connectivity index (χ3v) is 3.52. The molecule has 5 heteroatoms. The highest BCUT2D eigenvalue weighted by molar-refractivity contribution is 7.71. The molecule has 0 unspecified atom stereocenters. The van der Waals surface area contributed by atoms with E-state index in [0.717, 1.165) is 24.0 Å². The highest BCUT2D eigenvalue weighted by Gasteiger charge is 2.28. The van der Waals surface area contributed by atoms with Gasteiger partial charge in [0.1, 0.15) is 6.33 Å². The zero-order valence-corrected chi connectivity index (χ0v) is 11.1. The lowest BCUT2D eigenvalue weighted by molar-refractivity contribution is 0.205. The molecule has 1 saturated carbocycles. The number of nitrogens with zero attached hydrogens (tertiary/aromatic N) is 4. The Kier molecular flexibility index (Phi) is 3.44. The number of hydrogen-bond donors (Lipinski definition) is 0. The molecular formula is C11H20N4S. The van der Waals surface area contributed by atoms with E-state index >= 15 is 0 Å². The summed E-state index contributed by atoms with van der Waals surface area (Å²) in [4.78, 5) is 2.44. The van der Waals surface area contributed by atoms with Gasteiger partial charge in [0, 0.05) is 12.1 Å². The van der Waals surface area contributed by atoms with Crippen LogP contribution in [0.5, 0.6) is 0 Å². The summed E-state index contributed by atoms with van der Waals surface area (Å²) in [5, 5.41) is 4.37. The molecule has 90 valence electrons. The van der Waals surface area contributed by atoms with E-state index in [1.165, 1.54) is 12.8 Å². The molecule has 1 aromatic heterocycles. The first-order valence-electron chi connectivity index (χ1n) is 6.01. The second-order valence-corrected chi connectivity index (χ2v) is 5.06. The smallest absolute Gasteiger partial charge is 0.199 e. The molecule has 16 heavy (non-hydrogen) atoms. The van der Waals surface area contributed by atoms with Crippen molar-refractivity contribution in [2.75, 3.05) is 6.54 Å². The maximum Gasteiger partial charge on any atom is 0.199 e. The third kappa shape index (κ3) is 2.35. The lowest BCUT2D eigenvalue weighted by Crippen LogP contribution is -2.29. The van der Waals surface area contributed by atoms with E-state index < -0.39 is 0 Å². The molecular weight excluding hydrogens is 220 g/mol. The van der Waals surface area contributed by atoms with Crippen molar-refractivity contribution in [1.29, 1.82) is 0 Å². The molecule has 0 aromatic carbocycles. The van der Waals surface area contributed by atoms with Crippen LogP contribution in [-0.4, -0.2) is 31.8 Å². The molecule has 1 heterocycles. The summed E-state index contributed by atoms with van der Waals surface area (Å²) in [5.74, 6) is 0. The molecule has 0 N–H and O–H groups in total. The van der Waals surface area contributed by atoms with Crippen LogP contribution in [0.1, 0.15) is 39.7 Å². The van der Waals surface area contributed by atoms with Crippen molar-refractivity contribution in [3.8, 4) is 0 Å². The predicted octanol–water partition coefficient (Wildman–Crippen LogP) is 2.44. The Morgan fingerprint density at radius 1 is 1.56 bits per heavy atom. The Labute approximate surface area is 102 Å². The Morgan fingerprint density at radius 3 is 2.69 bits per heavy atom. The predicted molar refractivity (Wildman–Crippen MR) is 66.8 cm³/mol. The van der Waals surface area contributed by atoms with Crippen molar-refractivity contribution in [3.63, 3.8) is 0 Å². The monoisotopic (exact) mass is 240 g/mol. The number of rotatable bonds is 5. The molecule has 1 aliphatic carbocycles. The van der Waals surface area contributed by atoms with E-state index in [9.17, 15) is 0 Å². The molecule has 2 rings (SSSR count). The van der Waals surface area contributed by atoms with E-state index in [4.69, 9.17) is 12.2 Å². The third-order valence-electron chi connectivity index (χ3n) is 3.10. The highest BCUT2D eigenvalue weighted by atomic mass is 32.1. The van der Waals surface area contributed by atoms with E-state index in [2.05, 4.69) is 30.8 Å². The van der Waals surface area contributed by atoms with Crippen molar-refractivity contribution < 1.29 is 0 Å². The van der Waals surface area contributed by atoms with Crippen LogP contribution in [0.3, 0.4) is 0 Å². The van der Waals surface area contributed by atoms with Gasteiger partial charge in [-0.15, -0.1) is 0 Å². The van der Waals surface area contributed by atoms with Crippen LogP contribution in [0.15, 0.2) is 6.33 Å². The lowest BCUT2D eigenvalue weighted by atomic mass is 10.4. The topological polar surface area (TPSA) is 26.0 Å². The van der Waals surface area contributed by atoms with Gasteiger partial charge in [-0.3, -0.25) is 4.90 Å². The maximum absolute atomic E-state index is 5.41. The highest BCUT2D eigenvalue weighted by Crippen LogP contribution is 2.26. The minimum atomic E-state index is 0.386. The minimum Gasteiger partial charge on any atom is -0.304 e.